The van der Waals surface area contributed by atoms with E-state index in [0.29, 0.717) is 33.8 Å². The number of nitrogens with one attached hydrogen (secondary N) is 1. The van der Waals surface area contributed by atoms with Crippen LogP contribution in [-0.4, -0.2) is 84.1 Å². The van der Waals surface area contributed by atoms with Crippen LogP contribution in [0.2, 0.25) is 10.0 Å². The van der Waals surface area contributed by atoms with Crippen LogP contribution in [0, 0.1) is 0 Å². The maximum atomic E-state index is 13.0. The number of likely N-dealkylation sites (tertiary alicyclic amines) is 1. The Morgan fingerprint density at radius 1 is 0.872 bits per heavy atom. The SMILES string of the molecule is O=C(ON1C(=O)NC(Cc2ccc(Cl)cc2)C1=O)N1CCN(c2cccc(C(=O)N3CCCCC3)c2Cl)CC1. The fourth-order valence-electron chi connectivity index (χ4n) is 5.05. The molecule has 0 spiro atoms. The van der Waals surface area contributed by atoms with E-state index < -0.39 is 24.1 Å². The van der Waals surface area contributed by atoms with Crippen LogP contribution in [0.3, 0.4) is 0 Å². The molecule has 10 nitrogen and oxygen atoms in total. The molecule has 1 atom stereocenters. The van der Waals surface area contributed by atoms with Crippen molar-refractivity contribution in [1.82, 2.24) is 20.2 Å². The van der Waals surface area contributed by atoms with Gasteiger partial charge in [0.2, 0.25) is 0 Å². The van der Waals surface area contributed by atoms with E-state index in [0.717, 1.165) is 43.6 Å². The number of piperidine rings is 1. The van der Waals surface area contributed by atoms with Gasteiger partial charge in [-0.15, -0.1) is 0 Å². The molecule has 3 aliphatic heterocycles. The van der Waals surface area contributed by atoms with E-state index in [-0.39, 0.29) is 25.4 Å². The van der Waals surface area contributed by atoms with E-state index in [4.69, 9.17) is 28.0 Å². The summed E-state index contributed by atoms with van der Waals surface area (Å²) in [6, 6.07) is 10.7. The highest BCUT2D eigenvalue weighted by Gasteiger charge is 2.42. The molecule has 3 heterocycles. The van der Waals surface area contributed by atoms with Gasteiger partial charge in [0.05, 0.1) is 16.3 Å². The zero-order chi connectivity index (χ0) is 27.5. The van der Waals surface area contributed by atoms with Gasteiger partial charge in [-0.25, -0.2) is 9.59 Å². The third-order valence-electron chi connectivity index (χ3n) is 7.23. The first kappa shape index (κ1) is 27.1. The summed E-state index contributed by atoms with van der Waals surface area (Å²) < 4.78 is 0. The zero-order valence-corrected chi connectivity index (χ0v) is 22.8. The molecule has 3 fully saturated rings. The highest BCUT2D eigenvalue weighted by Crippen LogP contribution is 2.31. The third kappa shape index (κ3) is 5.91. The van der Waals surface area contributed by atoms with Gasteiger partial charge in [-0.3, -0.25) is 9.59 Å². The first-order valence-electron chi connectivity index (χ1n) is 13.0. The van der Waals surface area contributed by atoms with Gasteiger partial charge in [0.15, 0.2) is 0 Å². The first-order chi connectivity index (χ1) is 18.8. The quantitative estimate of drug-likeness (QED) is 0.543. The van der Waals surface area contributed by atoms with Gasteiger partial charge in [-0.1, -0.05) is 46.5 Å². The number of carbonyl (C=O) groups is 4. The lowest BCUT2D eigenvalue weighted by Crippen LogP contribution is -2.51. The lowest BCUT2D eigenvalue weighted by atomic mass is 10.1. The van der Waals surface area contributed by atoms with Gasteiger partial charge in [0, 0.05) is 50.7 Å². The Kier molecular flexibility index (Phi) is 8.13. The maximum Gasteiger partial charge on any atom is 0.434 e. The molecule has 0 radical (unpaired) electrons. The van der Waals surface area contributed by atoms with Crippen LogP contribution in [0.5, 0.6) is 0 Å². The van der Waals surface area contributed by atoms with Crippen molar-refractivity contribution in [3.8, 4) is 0 Å². The van der Waals surface area contributed by atoms with Crippen LogP contribution in [-0.2, 0) is 16.1 Å². The number of piperazine rings is 1. The molecule has 1 N–H and O–H groups in total. The number of anilines is 1. The van der Waals surface area contributed by atoms with Gasteiger partial charge >= 0.3 is 12.1 Å². The van der Waals surface area contributed by atoms with Crippen LogP contribution in [0.25, 0.3) is 0 Å². The van der Waals surface area contributed by atoms with Gasteiger partial charge in [0.1, 0.15) is 6.04 Å². The summed E-state index contributed by atoms with van der Waals surface area (Å²) in [5, 5.41) is 4.01. The number of amides is 5. The minimum absolute atomic E-state index is 0.0633. The highest BCUT2D eigenvalue weighted by molar-refractivity contribution is 6.36. The number of carbonyl (C=O) groups excluding carboxylic acids is 4. The van der Waals surface area contributed by atoms with E-state index >= 15 is 0 Å². The number of benzene rings is 2. The van der Waals surface area contributed by atoms with Crippen molar-refractivity contribution < 1.29 is 24.0 Å². The Bertz CT molecular complexity index is 1260. The second kappa shape index (κ2) is 11.7. The van der Waals surface area contributed by atoms with Gasteiger partial charge in [0.25, 0.3) is 11.8 Å². The van der Waals surface area contributed by atoms with E-state index in [9.17, 15) is 19.2 Å². The molecule has 0 aliphatic carbocycles. The number of hydroxylamine groups is 2. The van der Waals surface area contributed by atoms with Crippen LogP contribution in [0.15, 0.2) is 42.5 Å². The third-order valence-corrected chi connectivity index (χ3v) is 7.88. The minimum Gasteiger partial charge on any atom is -0.367 e. The van der Waals surface area contributed by atoms with Gasteiger partial charge in [-0.05, 0) is 49.1 Å². The summed E-state index contributed by atoms with van der Waals surface area (Å²) in [7, 11) is 0. The maximum absolute atomic E-state index is 13.0. The lowest BCUT2D eigenvalue weighted by Gasteiger charge is -2.36. The summed E-state index contributed by atoms with van der Waals surface area (Å²) in [4.78, 5) is 61.4. The Morgan fingerprint density at radius 3 is 2.26 bits per heavy atom. The van der Waals surface area contributed by atoms with Crippen molar-refractivity contribution in [2.75, 3.05) is 44.2 Å². The van der Waals surface area contributed by atoms with E-state index in [2.05, 4.69) is 5.32 Å². The van der Waals surface area contributed by atoms with Crippen LogP contribution in [0.1, 0.15) is 35.2 Å². The molecule has 5 amide bonds. The Hall–Kier alpha value is -3.50. The summed E-state index contributed by atoms with van der Waals surface area (Å²) in [5.74, 6) is -0.699. The summed E-state index contributed by atoms with van der Waals surface area (Å²) >= 11 is 12.6. The number of imide groups is 1. The van der Waals surface area contributed by atoms with Crippen molar-refractivity contribution in [2.24, 2.45) is 0 Å². The summed E-state index contributed by atoms with van der Waals surface area (Å²) in [6.45, 7) is 2.93. The highest BCUT2D eigenvalue weighted by atomic mass is 35.5. The molecule has 2 aromatic rings. The molecule has 0 aromatic heterocycles. The van der Waals surface area contributed by atoms with Crippen molar-refractivity contribution in [1.29, 1.82) is 0 Å². The van der Waals surface area contributed by atoms with Crippen LogP contribution in [0.4, 0.5) is 15.3 Å². The Morgan fingerprint density at radius 2 is 1.56 bits per heavy atom. The minimum atomic E-state index is -0.842. The number of rotatable bonds is 5. The number of nitrogens with zero attached hydrogens (tertiary/aromatic N) is 4. The summed E-state index contributed by atoms with van der Waals surface area (Å²) in [6.07, 6.45) is 2.58. The van der Waals surface area contributed by atoms with Crippen molar-refractivity contribution in [2.45, 2.75) is 31.7 Å². The molecule has 12 heteroatoms. The molecule has 5 rings (SSSR count). The molecule has 39 heavy (non-hydrogen) atoms. The molecule has 0 saturated carbocycles. The number of hydrogen-bond acceptors (Lipinski definition) is 6. The molecular weight excluding hydrogens is 545 g/mol. The number of hydrogen-bond donors (Lipinski definition) is 1. The number of urea groups is 1. The van der Waals surface area contributed by atoms with Gasteiger partial charge < -0.3 is 24.9 Å². The molecule has 3 aliphatic rings. The smallest absolute Gasteiger partial charge is 0.367 e. The largest absolute Gasteiger partial charge is 0.434 e. The molecule has 0 bridgehead atoms. The molecule has 2 aromatic carbocycles. The number of halogens is 2. The first-order valence-corrected chi connectivity index (χ1v) is 13.8. The Labute approximate surface area is 236 Å². The average Bonchev–Trinajstić information content (AvgIpc) is 3.21. The standard InChI is InChI=1S/C27H29Cl2N5O5/c28-19-9-7-18(8-10-19)17-21-25(36)34(26(37)30-21)39-27(38)33-15-13-31(14-16-33)22-6-4-5-20(23(22)29)24(35)32-11-2-1-3-12-32/h4-10,21H,1-3,11-17H2,(H,30,37). The van der Waals surface area contributed by atoms with E-state index in [1.165, 1.54) is 4.90 Å². The van der Waals surface area contributed by atoms with Gasteiger partial charge in [-0.2, -0.15) is 0 Å². The fourth-order valence-corrected chi connectivity index (χ4v) is 5.51. The molecule has 3 saturated heterocycles. The predicted octanol–water partition coefficient (Wildman–Crippen LogP) is 3.96. The fraction of sp³-hybridized carbons (Fsp3) is 0.407. The normalized spacial score (nSPS) is 19.8. The Balaban J connectivity index is 1.16. The van der Waals surface area contributed by atoms with E-state index in [1.807, 2.05) is 21.9 Å². The van der Waals surface area contributed by atoms with E-state index in [1.54, 1.807) is 30.3 Å². The molecule has 1 unspecified atom stereocenters. The van der Waals surface area contributed by atoms with Crippen LogP contribution < -0.4 is 10.2 Å². The second-order valence-corrected chi connectivity index (χ2v) is 10.6. The second-order valence-electron chi connectivity index (χ2n) is 9.79. The molecule has 206 valence electrons. The summed E-state index contributed by atoms with van der Waals surface area (Å²) in [5.41, 5.74) is 2.01. The van der Waals surface area contributed by atoms with Crippen molar-refractivity contribution in [3.05, 3.63) is 63.6 Å². The van der Waals surface area contributed by atoms with Crippen molar-refractivity contribution in [3.63, 3.8) is 0 Å². The zero-order valence-electron chi connectivity index (χ0n) is 21.3. The molecular formula is C27H29Cl2N5O5. The lowest BCUT2D eigenvalue weighted by molar-refractivity contribution is -0.151. The van der Waals surface area contributed by atoms with Crippen LogP contribution >= 0.6 is 23.2 Å². The monoisotopic (exact) mass is 573 g/mol. The van der Waals surface area contributed by atoms with Crippen molar-refractivity contribution >= 4 is 52.8 Å². The topological polar surface area (TPSA) is 102 Å². The average molecular weight is 574 g/mol. The predicted molar refractivity (Wildman–Crippen MR) is 146 cm³/mol.